The Hall–Kier alpha value is -3.02. The fraction of sp³-hybridized carbons (Fsp3) is 0.176. The average Bonchev–Trinajstić information content (AvgIpc) is 2.61. The number of carbonyl (C=O) groups is 2. The minimum absolute atomic E-state index is 0.400. The van der Waals surface area contributed by atoms with Crippen molar-refractivity contribution in [2.24, 2.45) is 0 Å². The first-order valence-electron chi connectivity index (χ1n) is 7.10. The van der Waals surface area contributed by atoms with E-state index < -0.39 is 12.0 Å². The Morgan fingerprint density at radius 3 is 2.30 bits per heavy atom. The van der Waals surface area contributed by atoms with Gasteiger partial charge in [-0.3, -0.25) is 10.2 Å². The van der Waals surface area contributed by atoms with E-state index in [1.54, 1.807) is 24.3 Å². The summed E-state index contributed by atoms with van der Waals surface area (Å²) in [6, 6.07) is 16.7. The molecule has 0 aliphatic heterocycles. The normalized spacial score (nSPS) is 9.78. The third kappa shape index (κ3) is 5.35. The highest BCUT2D eigenvalue weighted by molar-refractivity contribution is 5.94. The average molecular weight is 314 g/mol. The van der Waals surface area contributed by atoms with Crippen LogP contribution in [0.5, 0.6) is 5.75 Å². The predicted molar refractivity (Wildman–Crippen MR) is 85.1 cm³/mol. The highest BCUT2D eigenvalue weighted by Crippen LogP contribution is 2.12. The standard InChI is InChI=1S/C17H18N2O4/c1-22-17(21)19-18-16(20)14-7-9-15(10-8-14)23-12-11-13-5-3-2-4-6-13/h2-10H,11-12H2,1H3,(H,18,20)(H,19,21). The lowest BCUT2D eigenvalue weighted by Crippen LogP contribution is -2.41. The van der Waals surface area contributed by atoms with Gasteiger partial charge in [-0.25, -0.2) is 10.2 Å². The predicted octanol–water partition coefficient (Wildman–Crippen LogP) is 2.31. The smallest absolute Gasteiger partial charge is 0.425 e. The number of methoxy groups -OCH3 is 1. The van der Waals surface area contributed by atoms with E-state index in [2.05, 4.69) is 15.6 Å². The zero-order valence-electron chi connectivity index (χ0n) is 12.7. The van der Waals surface area contributed by atoms with Crippen molar-refractivity contribution in [3.05, 3.63) is 65.7 Å². The third-order valence-corrected chi connectivity index (χ3v) is 3.08. The van der Waals surface area contributed by atoms with E-state index in [-0.39, 0.29) is 0 Å². The number of nitrogens with one attached hydrogen (secondary N) is 2. The molecule has 0 unspecified atom stereocenters. The molecule has 2 aromatic carbocycles. The fourth-order valence-corrected chi connectivity index (χ4v) is 1.86. The Morgan fingerprint density at radius 1 is 0.957 bits per heavy atom. The molecule has 0 saturated heterocycles. The number of hydrogen-bond donors (Lipinski definition) is 2. The summed E-state index contributed by atoms with van der Waals surface area (Å²) in [4.78, 5) is 22.6. The largest absolute Gasteiger partial charge is 0.493 e. The van der Waals surface area contributed by atoms with Crippen LogP contribution in [-0.4, -0.2) is 25.7 Å². The molecule has 2 N–H and O–H groups in total. The number of rotatable bonds is 5. The zero-order valence-corrected chi connectivity index (χ0v) is 12.7. The van der Waals surface area contributed by atoms with Gasteiger partial charge in [-0.2, -0.15) is 0 Å². The number of hydrazine groups is 1. The second-order valence-corrected chi connectivity index (χ2v) is 4.68. The Bertz CT molecular complexity index is 641. The second kappa shape index (κ2) is 8.43. The van der Waals surface area contributed by atoms with Crippen LogP contribution >= 0.6 is 0 Å². The van der Waals surface area contributed by atoms with Gasteiger partial charge in [0, 0.05) is 12.0 Å². The SMILES string of the molecule is COC(=O)NNC(=O)c1ccc(OCCc2ccccc2)cc1. The maximum Gasteiger partial charge on any atom is 0.425 e. The van der Waals surface area contributed by atoms with E-state index in [0.29, 0.717) is 17.9 Å². The molecule has 0 heterocycles. The summed E-state index contributed by atoms with van der Waals surface area (Å²) in [5.41, 5.74) is 5.94. The minimum Gasteiger partial charge on any atom is -0.493 e. The van der Waals surface area contributed by atoms with Crippen LogP contribution in [0.3, 0.4) is 0 Å². The van der Waals surface area contributed by atoms with Gasteiger partial charge in [-0.15, -0.1) is 0 Å². The molecular weight excluding hydrogens is 296 g/mol. The molecule has 0 aromatic heterocycles. The molecule has 2 aromatic rings. The molecule has 2 rings (SSSR count). The van der Waals surface area contributed by atoms with Crippen molar-refractivity contribution in [3.8, 4) is 5.75 Å². The van der Waals surface area contributed by atoms with Gasteiger partial charge in [0.15, 0.2) is 0 Å². The molecule has 0 fully saturated rings. The quantitative estimate of drug-likeness (QED) is 0.830. The highest BCUT2D eigenvalue weighted by Gasteiger charge is 2.07. The van der Waals surface area contributed by atoms with Crippen LogP contribution in [0.25, 0.3) is 0 Å². The summed E-state index contributed by atoms with van der Waals surface area (Å²) in [6.45, 7) is 0.555. The van der Waals surface area contributed by atoms with Gasteiger partial charge in [0.1, 0.15) is 5.75 Å². The molecule has 0 aliphatic carbocycles. The Morgan fingerprint density at radius 2 is 1.65 bits per heavy atom. The van der Waals surface area contributed by atoms with Gasteiger partial charge in [0.2, 0.25) is 0 Å². The number of benzene rings is 2. The van der Waals surface area contributed by atoms with Crippen molar-refractivity contribution in [3.63, 3.8) is 0 Å². The molecule has 0 atom stereocenters. The van der Waals surface area contributed by atoms with E-state index in [0.717, 1.165) is 6.42 Å². The minimum atomic E-state index is -0.737. The first-order chi connectivity index (χ1) is 11.2. The molecule has 120 valence electrons. The molecule has 6 heteroatoms. The number of carbonyl (C=O) groups excluding carboxylic acids is 2. The molecule has 0 bridgehead atoms. The maximum absolute atomic E-state index is 11.8. The molecule has 23 heavy (non-hydrogen) atoms. The van der Waals surface area contributed by atoms with Crippen molar-refractivity contribution in [1.29, 1.82) is 0 Å². The Kier molecular flexibility index (Phi) is 5.99. The summed E-state index contributed by atoms with van der Waals surface area (Å²) in [7, 11) is 1.21. The van der Waals surface area contributed by atoms with Crippen molar-refractivity contribution >= 4 is 12.0 Å². The van der Waals surface area contributed by atoms with Crippen LogP contribution in [0.4, 0.5) is 4.79 Å². The molecule has 0 spiro atoms. The van der Waals surface area contributed by atoms with Gasteiger partial charge in [-0.05, 0) is 29.8 Å². The summed E-state index contributed by atoms with van der Waals surface area (Å²) >= 11 is 0. The lowest BCUT2D eigenvalue weighted by atomic mass is 10.2. The summed E-state index contributed by atoms with van der Waals surface area (Å²) in [5, 5.41) is 0. The summed E-state index contributed by atoms with van der Waals surface area (Å²) in [5.74, 6) is 0.240. The summed E-state index contributed by atoms with van der Waals surface area (Å²) in [6.07, 6.45) is 0.0748. The van der Waals surface area contributed by atoms with Gasteiger partial charge < -0.3 is 9.47 Å². The first kappa shape index (κ1) is 16.4. The molecule has 6 nitrogen and oxygen atoms in total. The molecule has 0 saturated carbocycles. The van der Waals surface area contributed by atoms with E-state index in [1.165, 1.54) is 12.7 Å². The maximum atomic E-state index is 11.8. The molecule has 2 amide bonds. The third-order valence-electron chi connectivity index (χ3n) is 3.08. The van der Waals surface area contributed by atoms with Gasteiger partial charge >= 0.3 is 6.09 Å². The van der Waals surface area contributed by atoms with E-state index in [4.69, 9.17) is 4.74 Å². The fourth-order valence-electron chi connectivity index (χ4n) is 1.86. The highest BCUT2D eigenvalue weighted by atomic mass is 16.5. The van der Waals surface area contributed by atoms with Crippen molar-refractivity contribution in [2.75, 3.05) is 13.7 Å². The molecule has 0 aliphatic rings. The van der Waals surface area contributed by atoms with Crippen molar-refractivity contribution < 1.29 is 19.1 Å². The number of amides is 2. The second-order valence-electron chi connectivity index (χ2n) is 4.68. The lowest BCUT2D eigenvalue weighted by molar-refractivity contribution is 0.0920. The molecule has 0 radical (unpaired) electrons. The van der Waals surface area contributed by atoms with Crippen LogP contribution in [0.15, 0.2) is 54.6 Å². The lowest BCUT2D eigenvalue weighted by Gasteiger charge is -2.08. The summed E-state index contributed by atoms with van der Waals surface area (Å²) < 4.78 is 9.99. The Labute approximate surface area is 134 Å². The Balaban J connectivity index is 1.80. The van der Waals surface area contributed by atoms with Crippen molar-refractivity contribution in [2.45, 2.75) is 6.42 Å². The van der Waals surface area contributed by atoms with E-state index in [1.807, 2.05) is 30.3 Å². The van der Waals surface area contributed by atoms with Gasteiger partial charge in [0.25, 0.3) is 5.91 Å². The zero-order chi connectivity index (χ0) is 16.5. The number of ether oxygens (including phenoxy) is 2. The van der Waals surface area contributed by atoms with Crippen LogP contribution in [0, 0.1) is 0 Å². The van der Waals surface area contributed by atoms with Crippen molar-refractivity contribution in [1.82, 2.24) is 10.9 Å². The number of hydrogen-bond acceptors (Lipinski definition) is 4. The monoisotopic (exact) mass is 314 g/mol. The molecular formula is C17H18N2O4. The van der Waals surface area contributed by atoms with Crippen LogP contribution in [-0.2, 0) is 11.2 Å². The first-order valence-corrected chi connectivity index (χ1v) is 7.10. The van der Waals surface area contributed by atoms with Gasteiger partial charge in [-0.1, -0.05) is 30.3 Å². The van der Waals surface area contributed by atoms with E-state index >= 15 is 0 Å². The van der Waals surface area contributed by atoms with E-state index in [9.17, 15) is 9.59 Å². The van der Waals surface area contributed by atoms with Gasteiger partial charge in [0.05, 0.1) is 13.7 Å². The topological polar surface area (TPSA) is 76.7 Å². The van der Waals surface area contributed by atoms with Crippen LogP contribution in [0.2, 0.25) is 0 Å². The van der Waals surface area contributed by atoms with Crippen LogP contribution < -0.4 is 15.6 Å². The van der Waals surface area contributed by atoms with Crippen LogP contribution in [0.1, 0.15) is 15.9 Å².